The molecule has 0 bridgehead atoms. The Hall–Kier alpha value is -3.22. The fraction of sp³-hybridized carbons (Fsp3) is 0.300. The highest BCUT2D eigenvalue weighted by molar-refractivity contribution is 5.91. The van der Waals surface area contributed by atoms with Crippen molar-refractivity contribution < 1.29 is 9.72 Å². The summed E-state index contributed by atoms with van der Waals surface area (Å²) in [4.78, 5) is 30.8. The van der Waals surface area contributed by atoms with Gasteiger partial charge in [0.25, 0.3) is 5.69 Å². The van der Waals surface area contributed by atoms with Crippen molar-refractivity contribution in [2.45, 2.75) is 13.3 Å². The highest BCUT2D eigenvalue weighted by Crippen LogP contribution is 2.17. The van der Waals surface area contributed by atoms with Gasteiger partial charge in [-0.25, -0.2) is 4.98 Å². The molecule has 1 fully saturated rings. The number of aryl methyl sites for hydroxylation is 1. The van der Waals surface area contributed by atoms with Gasteiger partial charge in [-0.3, -0.25) is 14.9 Å². The fourth-order valence-corrected chi connectivity index (χ4v) is 2.99. The van der Waals surface area contributed by atoms with E-state index in [0.717, 1.165) is 18.5 Å². The van der Waals surface area contributed by atoms with Gasteiger partial charge in [0, 0.05) is 38.3 Å². The second kappa shape index (κ2) is 8.44. The van der Waals surface area contributed by atoms with Crippen LogP contribution in [0.5, 0.6) is 0 Å². The molecule has 0 atom stereocenters. The van der Waals surface area contributed by atoms with Crippen LogP contribution in [0.4, 0.5) is 11.5 Å². The molecule has 1 aliphatic heterocycles. The standard InChI is InChI=1S/C20H22N4O3/c1-16-3-5-17(6-4-16)7-10-20(25)23-12-2-11-22(13-14-23)19-9-8-18(15-21-19)24(26)27/h3-10,15H,2,11-14H2,1H3/b10-7+. The van der Waals surface area contributed by atoms with Crippen molar-refractivity contribution in [3.8, 4) is 0 Å². The molecule has 1 aromatic carbocycles. The van der Waals surface area contributed by atoms with Gasteiger partial charge in [0.15, 0.2) is 0 Å². The Morgan fingerprint density at radius 2 is 1.89 bits per heavy atom. The van der Waals surface area contributed by atoms with Crippen LogP contribution in [-0.4, -0.2) is 46.9 Å². The lowest BCUT2D eigenvalue weighted by Crippen LogP contribution is -2.34. The van der Waals surface area contributed by atoms with Crippen molar-refractivity contribution in [1.82, 2.24) is 9.88 Å². The first-order chi connectivity index (χ1) is 13.0. The molecule has 0 saturated carbocycles. The minimum atomic E-state index is -0.458. The van der Waals surface area contributed by atoms with E-state index in [4.69, 9.17) is 0 Å². The van der Waals surface area contributed by atoms with Crippen LogP contribution in [0.2, 0.25) is 0 Å². The van der Waals surface area contributed by atoms with E-state index in [1.54, 1.807) is 12.1 Å². The fourth-order valence-electron chi connectivity index (χ4n) is 2.99. The summed E-state index contributed by atoms with van der Waals surface area (Å²) >= 11 is 0. The molecule has 1 saturated heterocycles. The number of hydrogen-bond donors (Lipinski definition) is 0. The van der Waals surface area contributed by atoms with E-state index in [1.807, 2.05) is 42.2 Å². The molecule has 7 heteroatoms. The topological polar surface area (TPSA) is 79.6 Å². The quantitative estimate of drug-likeness (QED) is 0.472. The van der Waals surface area contributed by atoms with Crippen molar-refractivity contribution in [2.75, 3.05) is 31.1 Å². The summed E-state index contributed by atoms with van der Waals surface area (Å²) in [7, 11) is 0. The van der Waals surface area contributed by atoms with Gasteiger partial charge in [-0.2, -0.15) is 0 Å². The van der Waals surface area contributed by atoms with Gasteiger partial charge in [-0.1, -0.05) is 29.8 Å². The highest BCUT2D eigenvalue weighted by Gasteiger charge is 2.19. The van der Waals surface area contributed by atoms with E-state index in [9.17, 15) is 14.9 Å². The molecule has 0 spiro atoms. The van der Waals surface area contributed by atoms with Crippen LogP contribution in [0.1, 0.15) is 17.5 Å². The molecule has 1 aromatic heterocycles. The first kappa shape index (κ1) is 18.6. The van der Waals surface area contributed by atoms with Crippen LogP contribution in [0.3, 0.4) is 0 Å². The van der Waals surface area contributed by atoms with Crippen LogP contribution >= 0.6 is 0 Å². The highest BCUT2D eigenvalue weighted by atomic mass is 16.6. The predicted octanol–water partition coefficient (Wildman–Crippen LogP) is 3.05. The lowest BCUT2D eigenvalue weighted by molar-refractivity contribution is -0.385. The maximum atomic E-state index is 12.5. The second-order valence-corrected chi connectivity index (χ2v) is 6.54. The number of hydrogen-bond acceptors (Lipinski definition) is 5. The molecule has 0 radical (unpaired) electrons. The van der Waals surface area contributed by atoms with Crippen LogP contribution in [0.15, 0.2) is 48.7 Å². The Bertz CT molecular complexity index is 831. The van der Waals surface area contributed by atoms with E-state index in [-0.39, 0.29) is 11.6 Å². The summed E-state index contributed by atoms with van der Waals surface area (Å²) in [6.45, 7) is 4.71. The lowest BCUT2D eigenvalue weighted by atomic mass is 10.1. The van der Waals surface area contributed by atoms with Crippen molar-refractivity contribution in [3.63, 3.8) is 0 Å². The van der Waals surface area contributed by atoms with Gasteiger partial charge in [-0.15, -0.1) is 0 Å². The van der Waals surface area contributed by atoms with Gasteiger partial charge >= 0.3 is 0 Å². The number of anilines is 1. The first-order valence-corrected chi connectivity index (χ1v) is 8.92. The number of carbonyl (C=O) groups excluding carboxylic acids is 1. The zero-order valence-corrected chi connectivity index (χ0v) is 15.2. The Kier molecular flexibility index (Phi) is 5.80. The van der Waals surface area contributed by atoms with E-state index < -0.39 is 4.92 Å². The van der Waals surface area contributed by atoms with E-state index >= 15 is 0 Å². The molecule has 2 aromatic rings. The smallest absolute Gasteiger partial charge is 0.287 e. The van der Waals surface area contributed by atoms with Crippen LogP contribution in [0.25, 0.3) is 6.08 Å². The van der Waals surface area contributed by atoms with Crippen molar-refractivity contribution in [1.29, 1.82) is 0 Å². The minimum Gasteiger partial charge on any atom is -0.355 e. The molecule has 3 rings (SSSR count). The number of pyridine rings is 1. The molecule has 0 unspecified atom stereocenters. The van der Waals surface area contributed by atoms with E-state index in [1.165, 1.54) is 17.8 Å². The van der Waals surface area contributed by atoms with Crippen molar-refractivity contribution in [3.05, 3.63) is 69.9 Å². The molecular weight excluding hydrogens is 344 g/mol. The van der Waals surface area contributed by atoms with E-state index in [2.05, 4.69) is 9.88 Å². The third-order valence-electron chi connectivity index (χ3n) is 4.57. The number of amides is 1. The van der Waals surface area contributed by atoms with Gasteiger partial charge in [0.2, 0.25) is 5.91 Å². The average Bonchev–Trinajstić information content (AvgIpc) is 2.94. The number of carbonyl (C=O) groups is 1. The van der Waals surface area contributed by atoms with Crippen LogP contribution in [-0.2, 0) is 4.79 Å². The third kappa shape index (κ3) is 4.91. The summed E-state index contributed by atoms with van der Waals surface area (Å²) in [5.74, 6) is 0.694. The number of nitro groups is 1. The lowest BCUT2D eigenvalue weighted by Gasteiger charge is -2.22. The summed E-state index contributed by atoms with van der Waals surface area (Å²) in [6.07, 6.45) is 5.54. The summed E-state index contributed by atoms with van der Waals surface area (Å²) < 4.78 is 0. The van der Waals surface area contributed by atoms with Crippen molar-refractivity contribution in [2.24, 2.45) is 0 Å². The monoisotopic (exact) mass is 366 g/mol. The molecule has 140 valence electrons. The molecule has 0 aliphatic carbocycles. The Morgan fingerprint density at radius 1 is 1.11 bits per heavy atom. The first-order valence-electron chi connectivity index (χ1n) is 8.92. The molecule has 1 aliphatic rings. The minimum absolute atomic E-state index is 0.00548. The number of rotatable bonds is 4. The van der Waals surface area contributed by atoms with E-state index in [0.29, 0.717) is 25.5 Å². The SMILES string of the molecule is Cc1ccc(/C=C/C(=O)N2CCCN(c3ccc([N+](=O)[O-])cn3)CC2)cc1. The largest absolute Gasteiger partial charge is 0.355 e. The zero-order valence-electron chi connectivity index (χ0n) is 15.2. The summed E-state index contributed by atoms with van der Waals surface area (Å²) in [5.41, 5.74) is 2.16. The summed E-state index contributed by atoms with van der Waals surface area (Å²) in [6, 6.07) is 11.1. The maximum Gasteiger partial charge on any atom is 0.287 e. The van der Waals surface area contributed by atoms with Crippen LogP contribution in [0, 0.1) is 17.0 Å². The Labute approximate surface area is 158 Å². The van der Waals surface area contributed by atoms with Gasteiger partial charge in [-0.05, 0) is 31.1 Å². The normalized spacial score (nSPS) is 15.0. The Morgan fingerprint density at radius 3 is 2.56 bits per heavy atom. The second-order valence-electron chi connectivity index (χ2n) is 6.54. The number of aromatic nitrogens is 1. The van der Waals surface area contributed by atoms with Crippen LogP contribution < -0.4 is 4.90 Å². The molecular formula is C20H22N4O3. The molecule has 7 nitrogen and oxygen atoms in total. The third-order valence-corrected chi connectivity index (χ3v) is 4.57. The number of nitrogens with zero attached hydrogens (tertiary/aromatic N) is 4. The zero-order chi connectivity index (χ0) is 19.2. The van der Waals surface area contributed by atoms with Gasteiger partial charge in [0.1, 0.15) is 12.0 Å². The molecule has 27 heavy (non-hydrogen) atoms. The summed E-state index contributed by atoms with van der Waals surface area (Å²) in [5, 5.41) is 10.7. The molecule has 1 amide bonds. The van der Waals surface area contributed by atoms with Crippen molar-refractivity contribution >= 4 is 23.5 Å². The average molecular weight is 366 g/mol. The number of benzene rings is 1. The molecule has 0 N–H and O–H groups in total. The predicted molar refractivity (Wildman–Crippen MR) is 105 cm³/mol. The molecule has 2 heterocycles. The Balaban J connectivity index is 1.59. The van der Waals surface area contributed by atoms with Gasteiger partial charge in [0.05, 0.1) is 4.92 Å². The van der Waals surface area contributed by atoms with Gasteiger partial charge < -0.3 is 9.80 Å². The maximum absolute atomic E-state index is 12.5.